The summed E-state index contributed by atoms with van der Waals surface area (Å²) < 4.78 is 11.1. The van der Waals surface area contributed by atoms with E-state index in [0.29, 0.717) is 6.42 Å². The van der Waals surface area contributed by atoms with Gasteiger partial charge >= 0.3 is 17.9 Å². The molecule has 8 heteroatoms. The molecule has 0 bridgehead atoms. The molecule has 0 aromatic rings. The fourth-order valence-electron chi connectivity index (χ4n) is 6.58. The SMILES string of the molecule is CCCCCCCCCCCCCCCCCC(=O)OCC(CNC(=O)CC(C)C(=O)O)OC(=O)CCCCCCCCCCCCCCCCC. The van der Waals surface area contributed by atoms with Crippen LogP contribution in [0.25, 0.3) is 0 Å². The van der Waals surface area contributed by atoms with Crippen molar-refractivity contribution in [3.63, 3.8) is 0 Å². The van der Waals surface area contributed by atoms with Gasteiger partial charge < -0.3 is 19.9 Å². The zero-order chi connectivity index (χ0) is 38.3. The van der Waals surface area contributed by atoms with E-state index in [2.05, 4.69) is 19.2 Å². The first kappa shape index (κ1) is 49.9. The topological polar surface area (TPSA) is 119 Å². The third kappa shape index (κ3) is 36.2. The van der Waals surface area contributed by atoms with Crippen molar-refractivity contribution in [3.8, 4) is 0 Å². The molecule has 0 aromatic heterocycles. The number of carbonyl (C=O) groups is 4. The molecule has 0 fully saturated rings. The molecule has 0 rings (SSSR count). The molecule has 2 unspecified atom stereocenters. The molecule has 52 heavy (non-hydrogen) atoms. The molecular formula is C44H83NO7. The van der Waals surface area contributed by atoms with Crippen molar-refractivity contribution >= 4 is 23.8 Å². The highest BCUT2D eigenvalue weighted by atomic mass is 16.6. The van der Waals surface area contributed by atoms with Crippen LogP contribution < -0.4 is 5.32 Å². The van der Waals surface area contributed by atoms with E-state index in [-0.39, 0.29) is 37.9 Å². The van der Waals surface area contributed by atoms with Crippen molar-refractivity contribution in [2.75, 3.05) is 13.2 Å². The molecule has 0 aromatic carbocycles. The van der Waals surface area contributed by atoms with Crippen LogP contribution in [0.4, 0.5) is 0 Å². The first-order valence-corrected chi connectivity index (χ1v) is 22.1. The largest absolute Gasteiger partial charge is 0.481 e. The molecule has 0 aliphatic heterocycles. The quantitative estimate of drug-likeness (QED) is 0.0474. The molecule has 0 saturated heterocycles. The highest BCUT2D eigenvalue weighted by Gasteiger charge is 2.20. The highest BCUT2D eigenvalue weighted by molar-refractivity contribution is 5.82. The Kier molecular flexibility index (Phi) is 37.0. The maximum atomic E-state index is 12.6. The Morgan fingerprint density at radius 3 is 1.17 bits per heavy atom. The van der Waals surface area contributed by atoms with Crippen molar-refractivity contribution in [3.05, 3.63) is 0 Å². The molecule has 0 aliphatic carbocycles. The number of carbonyl (C=O) groups excluding carboxylic acids is 3. The zero-order valence-corrected chi connectivity index (χ0v) is 34.3. The second-order valence-electron chi connectivity index (χ2n) is 15.4. The van der Waals surface area contributed by atoms with E-state index in [4.69, 9.17) is 14.6 Å². The van der Waals surface area contributed by atoms with Gasteiger partial charge in [0.05, 0.1) is 12.5 Å². The second-order valence-corrected chi connectivity index (χ2v) is 15.4. The van der Waals surface area contributed by atoms with E-state index in [9.17, 15) is 19.2 Å². The first-order valence-electron chi connectivity index (χ1n) is 22.1. The van der Waals surface area contributed by atoms with Crippen LogP contribution in [-0.4, -0.2) is 48.2 Å². The van der Waals surface area contributed by atoms with Gasteiger partial charge in [-0.25, -0.2) is 0 Å². The summed E-state index contributed by atoms with van der Waals surface area (Å²) in [5.41, 5.74) is 0. The van der Waals surface area contributed by atoms with Gasteiger partial charge in [-0.1, -0.05) is 201 Å². The van der Waals surface area contributed by atoms with Gasteiger partial charge in [-0.05, 0) is 12.8 Å². The lowest BCUT2D eigenvalue weighted by Gasteiger charge is -2.19. The first-order chi connectivity index (χ1) is 25.3. The smallest absolute Gasteiger partial charge is 0.306 e. The molecule has 0 radical (unpaired) electrons. The summed E-state index contributed by atoms with van der Waals surface area (Å²) in [7, 11) is 0. The van der Waals surface area contributed by atoms with Gasteiger partial charge in [0.2, 0.25) is 5.91 Å². The van der Waals surface area contributed by atoms with E-state index in [0.717, 1.165) is 38.5 Å². The van der Waals surface area contributed by atoms with Crippen LogP contribution in [0.2, 0.25) is 0 Å². The fraction of sp³-hybridized carbons (Fsp3) is 0.909. The maximum Gasteiger partial charge on any atom is 0.306 e. The predicted octanol–water partition coefficient (Wildman–Crippen LogP) is 12.2. The van der Waals surface area contributed by atoms with Crippen LogP contribution in [-0.2, 0) is 28.7 Å². The summed E-state index contributed by atoms with van der Waals surface area (Å²) in [6.45, 7) is 5.83. The lowest BCUT2D eigenvalue weighted by molar-refractivity contribution is -0.159. The zero-order valence-electron chi connectivity index (χ0n) is 34.3. The summed E-state index contributed by atoms with van der Waals surface area (Å²) >= 11 is 0. The molecule has 8 nitrogen and oxygen atoms in total. The minimum absolute atomic E-state index is 0.0258. The number of ether oxygens (including phenoxy) is 2. The second kappa shape index (κ2) is 38.6. The Morgan fingerprint density at radius 1 is 0.500 bits per heavy atom. The van der Waals surface area contributed by atoms with Crippen LogP contribution in [0.3, 0.4) is 0 Å². The number of carboxylic acid groups (broad SMARTS) is 1. The average Bonchev–Trinajstić information content (AvgIpc) is 3.12. The number of nitrogens with one attached hydrogen (secondary N) is 1. The summed E-state index contributed by atoms with van der Waals surface area (Å²) in [5, 5.41) is 11.8. The van der Waals surface area contributed by atoms with Crippen LogP contribution >= 0.6 is 0 Å². The van der Waals surface area contributed by atoms with Gasteiger partial charge in [0.1, 0.15) is 6.61 Å². The minimum Gasteiger partial charge on any atom is -0.481 e. The lowest BCUT2D eigenvalue weighted by atomic mass is 10.0. The van der Waals surface area contributed by atoms with Crippen LogP contribution in [0.15, 0.2) is 0 Å². The van der Waals surface area contributed by atoms with Crippen molar-refractivity contribution in [1.29, 1.82) is 0 Å². The number of esters is 2. The predicted molar refractivity (Wildman–Crippen MR) is 214 cm³/mol. The van der Waals surface area contributed by atoms with Gasteiger partial charge in [0, 0.05) is 19.3 Å². The number of unbranched alkanes of at least 4 members (excludes halogenated alkanes) is 28. The third-order valence-corrected chi connectivity index (χ3v) is 10.1. The van der Waals surface area contributed by atoms with Gasteiger partial charge in [-0.3, -0.25) is 19.2 Å². The van der Waals surface area contributed by atoms with Gasteiger partial charge in [-0.15, -0.1) is 0 Å². The standard InChI is InChI=1S/C44H83NO7/c1-4-6-8-10-12-14-16-18-20-22-24-26-28-30-32-34-42(47)51-38-40(37-45-41(46)36-39(3)44(49)50)52-43(48)35-33-31-29-27-25-23-21-19-17-15-13-11-9-7-5-2/h39-40H,4-38H2,1-3H3,(H,45,46)(H,49,50). The highest BCUT2D eigenvalue weighted by Crippen LogP contribution is 2.16. The van der Waals surface area contributed by atoms with Crippen molar-refractivity contribution in [2.24, 2.45) is 5.92 Å². The number of amides is 1. The van der Waals surface area contributed by atoms with Crippen molar-refractivity contribution in [2.45, 2.75) is 239 Å². The minimum atomic E-state index is -1.05. The molecule has 2 N–H and O–H groups in total. The number of hydrogen-bond donors (Lipinski definition) is 2. The molecule has 0 heterocycles. The number of aliphatic carboxylic acids is 1. The molecule has 2 atom stereocenters. The Morgan fingerprint density at radius 2 is 0.827 bits per heavy atom. The van der Waals surface area contributed by atoms with Gasteiger partial charge in [-0.2, -0.15) is 0 Å². The van der Waals surface area contributed by atoms with Crippen molar-refractivity contribution in [1.82, 2.24) is 5.32 Å². The Labute approximate surface area is 320 Å². The van der Waals surface area contributed by atoms with Crippen LogP contribution in [0.5, 0.6) is 0 Å². The molecule has 306 valence electrons. The van der Waals surface area contributed by atoms with E-state index in [1.165, 1.54) is 161 Å². The van der Waals surface area contributed by atoms with E-state index < -0.39 is 23.9 Å². The van der Waals surface area contributed by atoms with Gasteiger partial charge in [0.25, 0.3) is 0 Å². The Bertz CT molecular complexity index is 848. The monoisotopic (exact) mass is 738 g/mol. The fourth-order valence-corrected chi connectivity index (χ4v) is 6.58. The Hall–Kier alpha value is -2.12. The Balaban J connectivity index is 4.16. The van der Waals surface area contributed by atoms with E-state index in [1.807, 2.05) is 0 Å². The molecule has 0 aliphatic rings. The maximum absolute atomic E-state index is 12.6. The van der Waals surface area contributed by atoms with Crippen molar-refractivity contribution < 1.29 is 33.8 Å². The summed E-state index contributed by atoms with van der Waals surface area (Å²) in [5.74, 6) is -3.01. The molecular weight excluding hydrogens is 654 g/mol. The summed E-state index contributed by atoms with van der Waals surface area (Å²) in [6, 6.07) is 0. The van der Waals surface area contributed by atoms with E-state index >= 15 is 0 Å². The van der Waals surface area contributed by atoms with Gasteiger partial charge in [0.15, 0.2) is 6.10 Å². The number of hydrogen-bond acceptors (Lipinski definition) is 6. The summed E-state index contributed by atoms with van der Waals surface area (Å²) in [4.78, 5) is 48.4. The van der Waals surface area contributed by atoms with E-state index in [1.54, 1.807) is 0 Å². The summed E-state index contributed by atoms with van der Waals surface area (Å²) in [6.07, 6.45) is 37.3. The number of rotatable bonds is 40. The third-order valence-electron chi connectivity index (χ3n) is 10.1. The number of carboxylic acids is 1. The average molecular weight is 738 g/mol. The lowest BCUT2D eigenvalue weighted by Crippen LogP contribution is -2.39. The van der Waals surface area contributed by atoms with Crippen LogP contribution in [0.1, 0.15) is 233 Å². The molecule has 1 amide bonds. The molecule has 0 spiro atoms. The normalized spacial score (nSPS) is 12.4. The molecule has 0 saturated carbocycles. The van der Waals surface area contributed by atoms with Crippen LogP contribution in [0, 0.1) is 5.92 Å².